The number of benzene rings is 1. The number of aryl methyl sites for hydroxylation is 2. The maximum atomic E-state index is 12.7. The third kappa shape index (κ3) is 6.06. The summed E-state index contributed by atoms with van der Waals surface area (Å²) in [6.07, 6.45) is 10.7. The van der Waals surface area contributed by atoms with E-state index in [0.717, 1.165) is 49.4 Å². The lowest BCUT2D eigenvalue weighted by Crippen LogP contribution is -2.42. The first kappa shape index (κ1) is 26.7. The predicted octanol–water partition coefficient (Wildman–Crippen LogP) is 7.14. The molecule has 202 valence electrons. The Labute approximate surface area is 231 Å². The van der Waals surface area contributed by atoms with Crippen LogP contribution in [-0.4, -0.2) is 44.2 Å². The van der Waals surface area contributed by atoms with Crippen molar-refractivity contribution < 1.29 is 9.53 Å². The monoisotopic (exact) mass is 534 g/mol. The van der Waals surface area contributed by atoms with Gasteiger partial charge in [0.25, 0.3) is 0 Å². The van der Waals surface area contributed by atoms with Crippen molar-refractivity contribution in [2.45, 2.75) is 83.8 Å². The number of carbonyl (C=O) groups is 1. The molecule has 0 bridgehead atoms. The van der Waals surface area contributed by atoms with E-state index in [9.17, 15) is 4.79 Å². The number of nitrogens with zero attached hydrogens (tertiary/aromatic N) is 4. The quantitative estimate of drug-likeness (QED) is 0.349. The molecule has 1 aliphatic heterocycles. The van der Waals surface area contributed by atoms with Gasteiger partial charge in [-0.15, -0.1) is 0 Å². The van der Waals surface area contributed by atoms with Gasteiger partial charge in [-0.1, -0.05) is 23.7 Å². The molecule has 3 heterocycles. The first-order valence-corrected chi connectivity index (χ1v) is 14.2. The average Bonchev–Trinajstić information content (AvgIpc) is 3.23. The summed E-state index contributed by atoms with van der Waals surface area (Å²) in [6.45, 7) is 10.1. The Balaban J connectivity index is 1.40. The molecule has 0 N–H and O–H groups in total. The van der Waals surface area contributed by atoms with Gasteiger partial charge in [0, 0.05) is 43.0 Å². The highest BCUT2D eigenvalue weighted by molar-refractivity contribution is 6.30. The Hall–Kier alpha value is -2.86. The fraction of sp³-hybridized carbons (Fsp3) is 0.516. The Kier molecular flexibility index (Phi) is 7.80. The van der Waals surface area contributed by atoms with Crippen LogP contribution in [0.3, 0.4) is 0 Å². The van der Waals surface area contributed by atoms with E-state index in [-0.39, 0.29) is 12.0 Å². The molecule has 7 heteroatoms. The molecule has 1 amide bonds. The number of piperidine rings is 1. The average molecular weight is 535 g/mol. The van der Waals surface area contributed by atoms with Gasteiger partial charge in [0.15, 0.2) is 0 Å². The summed E-state index contributed by atoms with van der Waals surface area (Å²) in [4.78, 5) is 24.0. The van der Waals surface area contributed by atoms with Crippen LogP contribution in [0.5, 0.6) is 0 Å². The Bertz CT molecular complexity index is 1270. The maximum Gasteiger partial charge on any atom is 0.410 e. The van der Waals surface area contributed by atoms with Crippen molar-refractivity contribution >= 4 is 17.7 Å². The molecule has 3 aromatic rings. The summed E-state index contributed by atoms with van der Waals surface area (Å²) in [5.41, 5.74) is 5.81. The molecule has 0 radical (unpaired) electrons. The normalized spacial score (nSPS) is 20.0. The molecule has 1 saturated heterocycles. The van der Waals surface area contributed by atoms with E-state index < -0.39 is 5.60 Å². The summed E-state index contributed by atoms with van der Waals surface area (Å²) >= 11 is 6.53. The van der Waals surface area contributed by atoms with E-state index in [1.807, 2.05) is 51.2 Å². The molecular formula is C31H39ClN4O2. The first-order chi connectivity index (χ1) is 18.2. The van der Waals surface area contributed by atoms with E-state index in [1.165, 1.54) is 22.4 Å². The van der Waals surface area contributed by atoms with Gasteiger partial charge in [-0.2, -0.15) is 0 Å². The van der Waals surface area contributed by atoms with Crippen LogP contribution in [0.4, 0.5) is 4.79 Å². The summed E-state index contributed by atoms with van der Waals surface area (Å²) in [6, 6.07) is 10.8. The summed E-state index contributed by atoms with van der Waals surface area (Å²) in [5, 5.41) is 0.786. The van der Waals surface area contributed by atoms with Gasteiger partial charge < -0.3 is 14.2 Å². The Morgan fingerprint density at radius 3 is 2.63 bits per heavy atom. The van der Waals surface area contributed by atoms with E-state index in [1.54, 1.807) is 0 Å². The van der Waals surface area contributed by atoms with Gasteiger partial charge in [0.1, 0.15) is 5.60 Å². The molecule has 6 nitrogen and oxygen atoms in total. The molecule has 2 aromatic heterocycles. The SMILES string of the molecule is Cc1cn(CCCC2Cc3cc(Cl)ccc3C(C3CCN(C(=O)OC(C)(C)C)CC3)c3ncccc32)cn1. The number of rotatable bonds is 5. The van der Waals surface area contributed by atoms with Crippen molar-refractivity contribution in [3.63, 3.8) is 0 Å². The number of likely N-dealkylation sites (tertiary alicyclic amines) is 1. The van der Waals surface area contributed by atoms with Crippen molar-refractivity contribution in [1.82, 2.24) is 19.4 Å². The van der Waals surface area contributed by atoms with Crippen LogP contribution < -0.4 is 0 Å². The second-order valence-electron chi connectivity index (χ2n) is 11.9. The van der Waals surface area contributed by atoms with E-state index in [4.69, 9.17) is 21.3 Å². The second kappa shape index (κ2) is 11.1. The van der Waals surface area contributed by atoms with E-state index in [2.05, 4.69) is 40.0 Å². The van der Waals surface area contributed by atoms with Crippen LogP contribution in [0.25, 0.3) is 0 Å². The van der Waals surface area contributed by atoms with Gasteiger partial charge in [-0.25, -0.2) is 9.78 Å². The third-order valence-corrected chi connectivity index (χ3v) is 8.14. The number of halogens is 1. The van der Waals surface area contributed by atoms with Gasteiger partial charge in [0.2, 0.25) is 0 Å². The standard InChI is InChI=1S/C31H39ClN4O2/c1-21-19-35(20-34-21)14-6-7-23-17-24-18-25(32)9-10-26(24)28(29-27(23)8-5-13-33-29)22-11-15-36(16-12-22)30(37)38-31(2,3)4/h5,8-10,13,18-20,22-23,28H,6-7,11-12,14-17H2,1-4H3. The molecule has 0 saturated carbocycles. The van der Waals surface area contributed by atoms with Crippen LogP contribution in [0.15, 0.2) is 49.1 Å². The van der Waals surface area contributed by atoms with Crippen molar-refractivity contribution in [1.29, 1.82) is 0 Å². The number of aromatic nitrogens is 3. The number of fused-ring (bicyclic) bond motifs is 2. The second-order valence-corrected chi connectivity index (χ2v) is 12.3. The minimum absolute atomic E-state index is 0.195. The molecule has 0 spiro atoms. The van der Waals surface area contributed by atoms with Crippen molar-refractivity contribution in [2.75, 3.05) is 13.1 Å². The summed E-state index contributed by atoms with van der Waals surface area (Å²) in [7, 11) is 0. The fourth-order valence-electron chi connectivity index (χ4n) is 6.20. The molecule has 1 aromatic carbocycles. The maximum absolute atomic E-state index is 12.7. The highest BCUT2D eigenvalue weighted by Gasteiger charge is 2.37. The zero-order valence-electron chi connectivity index (χ0n) is 23.0. The van der Waals surface area contributed by atoms with Crippen molar-refractivity contribution in [3.8, 4) is 0 Å². The largest absolute Gasteiger partial charge is 0.444 e. The summed E-state index contributed by atoms with van der Waals surface area (Å²) < 4.78 is 7.83. The minimum Gasteiger partial charge on any atom is -0.444 e. The van der Waals surface area contributed by atoms with Crippen LogP contribution in [0.1, 0.15) is 86.4 Å². The molecule has 2 atom stereocenters. The third-order valence-electron chi connectivity index (χ3n) is 7.91. The zero-order chi connectivity index (χ0) is 26.9. The molecule has 1 fully saturated rings. The van der Waals surface area contributed by atoms with Crippen molar-refractivity contribution in [3.05, 3.63) is 82.2 Å². The topological polar surface area (TPSA) is 60.2 Å². The van der Waals surface area contributed by atoms with Crippen LogP contribution in [0.2, 0.25) is 5.02 Å². The number of imidazole rings is 1. The number of pyridine rings is 1. The van der Waals surface area contributed by atoms with Crippen molar-refractivity contribution in [2.24, 2.45) is 5.92 Å². The van der Waals surface area contributed by atoms with Gasteiger partial charge in [-0.3, -0.25) is 4.98 Å². The lowest BCUT2D eigenvalue weighted by molar-refractivity contribution is 0.0178. The molecule has 5 rings (SSSR count). The van der Waals surface area contributed by atoms with Crippen LogP contribution in [0, 0.1) is 12.8 Å². The lowest BCUT2D eigenvalue weighted by Gasteiger charge is -2.37. The van der Waals surface area contributed by atoms with Gasteiger partial charge >= 0.3 is 6.09 Å². The van der Waals surface area contributed by atoms with Gasteiger partial charge in [-0.05, 0) is 107 Å². The molecular weight excluding hydrogens is 496 g/mol. The highest BCUT2D eigenvalue weighted by atomic mass is 35.5. The molecule has 2 aliphatic rings. The Morgan fingerprint density at radius 2 is 1.92 bits per heavy atom. The van der Waals surface area contributed by atoms with E-state index in [0.29, 0.717) is 24.9 Å². The minimum atomic E-state index is -0.484. The fourth-order valence-corrected chi connectivity index (χ4v) is 6.40. The molecule has 1 aliphatic carbocycles. The zero-order valence-corrected chi connectivity index (χ0v) is 23.7. The number of carbonyl (C=O) groups excluding carboxylic acids is 1. The lowest BCUT2D eigenvalue weighted by atomic mass is 9.76. The van der Waals surface area contributed by atoms with E-state index >= 15 is 0 Å². The Morgan fingerprint density at radius 1 is 1.13 bits per heavy atom. The summed E-state index contributed by atoms with van der Waals surface area (Å²) in [5.74, 6) is 0.975. The van der Waals surface area contributed by atoms with Crippen LogP contribution in [-0.2, 0) is 17.7 Å². The smallest absolute Gasteiger partial charge is 0.410 e. The first-order valence-electron chi connectivity index (χ1n) is 13.9. The number of hydrogen-bond donors (Lipinski definition) is 0. The number of ether oxygens (including phenoxy) is 1. The highest BCUT2D eigenvalue weighted by Crippen LogP contribution is 2.46. The van der Waals surface area contributed by atoms with Crippen LogP contribution >= 0.6 is 11.6 Å². The van der Waals surface area contributed by atoms with Gasteiger partial charge in [0.05, 0.1) is 17.7 Å². The molecule has 2 unspecified atom stereocenters. The molecule has 38 heavy (non-hydrogen) atoms. The number of hydrogen-bond acceptors (Lipinski definition) is 4. The predicted molar refractivity (Wildman–Crippen MR) is 151 cm³/mol. The number of amides is 1.